The molecule has 0 bridgehead atoms. The maximum absolute atomic E-state index is 12.4. The fourth-order valence-electron chi connectivity index (χ4n) is 2.65. The van der Waals surface area contributed by atoms with Gasteiger partial charge in [0.15, 0.2) is 0 Å². The lowest BCUT2D eigenvalue weighted by Crippen LogP contribution is -2.43. The molecule has 2 unspecified atom stereocenters. The van der Waals surface area contributed by atoms with E-state index >= 15 is 0 Å². The van der Waals surface area contributed by atoms with Crippen LogP contribution < -0.4 is 5.32 Å². The van der Waals surface area contributed by atoms with Crippen molar-refractivity contribution < 1.29 is 4.79 Å². The molecule has 1 saturated heterocycles. The fourth-order valence-corrected chi connectivity index (χ4v) is 2.65. The molecule has 0 aromatic heterocycles. The Morgan fingerprint density at radius 1 is 1.29 bits per heavy atom. The number of carbonyl (C=O) groups is 1. The van der Waals surface area contributed by atoms with Crippen LogP contribution in [0.25, 0.3) is 0 Å². The third-order valence-electron chi connectivity index (χ3n) is 4.19. The van der Waals surface area contributed by atoms with Gasteiger partial charge in [0.25, 0.3) is 0 Å². The number of hydrogen-bond donors (Lipinski definition) is 1. The van der Waals surface area contributed by atoms with Crippen LogP contribution in [-0.4, -0.2) is 29.6 Å². The van der Waals surface area contributed by atoms with Gasteiger partial charge < -0.3 is 4.90 Å². The monoisotopic (exact) mass is 238 g/mol. The first-order chi connectivity index (χ1) is 7.84. The SMILES string of the molecule is CC(C)C1NC(C(C)C)N(CC2(C)CC2)C1=O. The number of carbonyl (C=O) groups excluding carboxylic acids is 1. The molecule has 2 atom stereocenters. The van der Waals surface area contributed by atoms with Gasteiger partial charge in [-0.25, -0.2) is 0 Å². The Labute approximate surface area is 105 Å². The van der Waals surface area contributed by atoms with Gasteiger partial charge >= 0.3 is 0 Å². The van der Waals surface area contributed by atoms with Crippen LogP contribution in [-0.2, 0) is 4.79 Å². The van der Waals surface area contributed by atoms with E-state index < -0.39 is 0 Å². The predicted octanol–water partition coefficient (Wildman–Crippen LogP) is 2.22. The molecule has 0 radical (unpaired) electrons. The van der Waals surface area contributed by atoms with Crippen molar-refractivity contribution in [1.82, 2.24) is 10.2 Å². The first-order valence-electron chi connectivity index (χ1n) is 6.90. The zero-order valence-corrected chi connectivity index (χ0v) is 11.8. The molecule has 1 amide bonds. The molecular weight excluding hydrogens is 212 g/mol. The van der Waals surface area contributed by atoms with Crippen LogP contribution in [0.1, 0.15) is 47.5 Å². The Morgan fingerprint density at radius 3 is 2.29 bits per heavy atom. The van der Waals surface area contributed by atoms with E-state index in [1.54, 1.807) is 0 Å². The summed E-state index contributed by atoms with van der Waals surface area (Å²) in [5, 5.41) is 3.52. The summed E-state index contributed by atoms with van der Waals surface area (Å²) in [6.07, 6.45) is 2.77. The van der Waals surface area contributed by atoms with Gasteiger partial charge in [0.2, 0.25) is 5.91 Å². The Balaban J connectivity index is 2.11. The van der Waals surface area contributed by atoms with Crippen LogP contribution in [0.4, 0.5) is 0 Å². The normalized spacial score (nSPS) is 31.7. The number of hydrogen-bond acceptors (Lipinski definition) is 2. The molecule has 2 rings (SSSR count). The summed E-state index contributed by atoms with van der Waals surface area (Å²) in [6, 6.07) is 0.0183. The first-order valence-corrected chi connectivity index (χ1v) is 6.90. The molecular formula is C14H26N2O. The lowest BCUT2D eigenvalue weighted by atomic mass is 10.0. The number of nitrogens with zero attached hydrogens (tertiary/aromatic N) is 1. The molecule has 98 valence electrons. The van der Waals surface area contributed by atoms with E-state index in [1.165, 1.54) is 12.8 Å². The van der Waals surface area contributed by atoms with E-state index in [-0.39, 0.29) is 12.2 Å². The van der Waals surface area contributed by atoms with E-state index in [0.717, 1.165) is 6.54 Å². The number of rotatable bonds is 4. The molecule has 17 heavy (non-hydrogen) atoms. The summed E-state index contributed by atoms with van der Waals surface area (Å²) < 4.78 is 0. The Kier molecular flexibility index (Phi) is 3.23. The predicted molar refractivity (Wildman–Crippen MR) is 69.4 cm³/mol. The second-order valence-electron chi connectivity index (χ2n) is 6.85. The second kappa shape index (κ2) is 4.27. The number of nitrogens with one attached hydrogen (secondary N) is 1. The molecule has 0 spiro atoms. The highest BCUT2D eigenvalue weighted by Gasteiger charge is 2.47. The van der Waals surface area contributed by atoms with Gasteiger partial charge in [-0.05, 0) is 30.1 Å². The molecule has 3 nitrogen and oxygen atoms in total. The van der Waals surface area contributed by atoms with Crippen molar-refractivity contribution in [3.63, 3.8) is 0 Å². The molecule has 2 fully saturated rings. The summed E-state index contributed by atoms with van der Waals surface area (Å²) in [6.45, 7) is 11.8. The molecule has 1 aliphatic carbocycles. The highest BCUT2D eigenvalue weighted by molar-refractivity contribution is 5.84. The van der Waals surface area contributed by atoms with E-state index in [9.17, 15) is 4.79 Å². The largest absolute Gasteiger partial charge is 0.325 e. The molecule has 2 aliphatic rings. The Hall–Kier alpha value is -0.570. The van der Waals surface area contributed by atoms with E-state index in [4.69, 9.17) is 0 Å². The van der Waals surface area contributed by atoms with Crippen LogP contribution in [0.2, 0.25) is 0 Å². The average Bonchev–Trinajstić information content (AvgIpc) is 2.84. The summed E-state index contributed by atoms with van der Waals surface area (Å²) in [5.74, 6) is 1.16. The van der Waals surface area contributed by atoms with E-state index in [2.05, 4.69) is 44.8 Å². The lowest BCUT2D eigenvalue weighted by Gasteiger charge is -2.29. The van der Waals surface area contributed by atoms with Crippen molar-refractivity contribution in [3.8, 4) is 0 Å². The molecule has 1 N–H and O–H groups in total. The minimum atomic E-state index is 0.0183. The van der Waals surface area contributed by atoms with Crippen molar-refractivity contribution in [3.05, 3.63) is 0 Å². The molecule has 1 saturated carbocycles. The summed E-state index contributed by atoms with van der Waals surface area (Å²) >= 11 is 0. The first kappa shape index (κ1) is 12.9. The van der Waals surface area contributed by atoms with E-state index in [1.807, 2.05) is 0 Å². The minimum absolute atomic E-state index is 0.0183. The minimum Gasteiger partial charge on any atom is -0.325 e. The van der Waals surface area contributed by atoms with Crippen LogP contribution in [0.15, 0.2) is 0 Å². The van der Waals surface area contributed by atoms with Crippen molar-refractivity contribution in [2.24, 2.45) is 17.3 Å². The Bertz CT molecular complexity index is 307. The van der Waals surface area contributed by atoms with Crippen LogP contribution in [0.5, 0.6) is 0 Å². The molecule has 1 aliphatic heterocycles. The van der Waals surface area contributed by atoms with Gasteiger partial charge in [-0.1, -0.05) is 34.6 Å². The third kappa shape index (κ3) is 2.49. The second-order valence-corrected chi connectivity index (χ2v) is 6.85. The van der Waals surface area contributed by atoms with Crippen LogP contribution in [0, 0.1) is 17.3 Å². The molecule has 0 aromatic rings. The van der Waals surface area contributed by atoms with Gasteiger partial charge in [-0.2, -0.15) is 0 Å². The van der Waals surface area contributed by atoms with Gasteiger partial charge in [0.1, 0.15) is 0 Å². The highest BCUT2D eigenvalue weighted by atomic mass is 16.2. The van der Waals surface area contributed by atoms with Gasteiger partial charge in [0, 0.05) is 6.54 Å². The smallest absolute Gasteiger partial charge is 0.241 e. The van der Waals surface area contributed by atoms with Crippen molar-refractivity contribution in [2.45, 2.75) is 59.7 Å². The summed E-state index contributed by atoms with van der Waals surface area (Å²) in [4.78, 5) is 14.5. The maximum atomic E-state index is 12.4. The van der Waals surface area contributed by atoms with Crippen LogP contribution >= 0.6 is 0 Å². The van der Waals surface area contributed by atoms with Crippen molar-refractivity contribution >= 4 is 5.91 Å². The standard InChI is InChI=1S/C14H26N2O/c1-9(2)11-13(17)16(8-14(5)6-7-14)12(15-11)10(3)4/h9-12,15H,6-8H2,1-5H3. The topological polar surface area (TPSA) is 32.3 Å². The zero-order chi connectivity index (χ0) is 12.8. The summed E-state index contributed by atoms with van der Waals surface area (Å²) in [5.41, 5.74) is 0.399. The molecule has 0 aromatic carbocycles. The van der Waals surface area contributed by atoms with Gasteiger partial charge in [-0.3, -0.25) is 10.1 Å². The third-order valence-corrected chi connectivity index (χ3v) is 4.19. The van der Waals surface area contributed by atoms with E-state index in [0.29, 0.717) is 23.2 Å². The molecule has 1 heterocycles. The maximum Gasteiger partial charge on any atom is 0.241 e. The zero-order valence-electron chi connectivity index (χ0n) is 11.8. The summed E-state index contributed by atoms with van der Waals surface area (Å²) in [7, 11) is 0. The van der Waals surface area contributed by atoms with Crippen molar-refractivity contribution in [1.29, 1.82) is 0 Å². The molecule has 3 heteroatoms. The van der Waals surface area contributed by atoms with Gasteiger partial charge in [-0.15, -0.1) is 0 Å². The number of amides is 1. The fraction of sp³-hybridized carbons (Fsp3) is 0.929. The van der Waals surface area contributed by atoms with Crippen molar-refractivity contribution in [2.75, 3.05) is 6.54 Å². The highest BCUT2D eigenvalue weighted by Crippen LogP contribution is 2.46. The van der Waals surface area contributed by atoms with Crippen LogP contribution in [0.3, 0.4) is 0 Å². The Morgan fingerprint density at radius 2 is 1.88 bits per heavy atom. The lowest BCUT2D eigenvalue weighted by molar-refractivity contribution is -0.132. The quantitative estimate of drug-likeness (QED) is 0.814. The average molecular weight is 238 g/mol. The van der Waals surface area contributed by atoms with Gasteiger partial charge in [0.05, 0.1) is 12.2 Å².